The SMILES string of the molecule is Cc1c(CN)sc(=O)n1CC(N)=O. The van der Waals surface area contributed by atoms with Gasteiger partial charge in [-0.25, -0.2) is 0 Å². The van der Waals surface area contributed by atoms with Gasteiger partial charge < -0.3 is 11.5 Å². The zero-order valence-electron chi connectivity index (χ0n) is 7.24. The number of carbonyl (C=O) groups is 1. The number of primary amides is 1. The van der Waals surface area contributed by atoms with Gasteiger partial charge in [0, 0.05) is 17.1 Å². The molecule has 1 heterocycles. The van der Waals surface area contributed by atoms with Crippen molar-refractivity contribution in [1.82, 2.24) is 4.57 Å². The van der Waals surface area contributed by atoms with Gasteiger partial charge in [0.05, 0.1) is 0 Å². The summed E-state index contributed by atoms with van der Waals surface area (Å²) in [6.45, 7) is 2.00. The minimum Gasteiger partial charge on any atom is -0.368 e. The van der Waals surface area contributed by atoms with Crippen LogP contribution in [-0.4, -0.2) is 10.5 Å². The summed E-state index contributed by atoms with van der Waals surface area (Å²) >= 11 is 1.06. The third kappa shape index (κ3) is 1.96. The second-order valence-corrected chi connectivity index (χ2v) is 3.68. The van der Waals surface area contributed by atoms with Crippen molar-refractivity contribution < 1.29 is 4.79 Å². The van der Waals surface area contributed by atoms with Crippen molar-refractivity contribution >= 4 is 17.2 Å². The molecular weight excluding hydrogens is 190 g/mol. The number of thiazole rings is 1. The van der Waals surface area contributed by atoms with Crippen molar-refractivity contribution in [1.29, 1.82) is 0 Å². The molecule has 0 atom stereocenters. The highest BCUT2D eigenvalue weighted by Gasteiger charge is 2.10. The Kier molecular flexibility index (Phi) is 2.84. The summed E-state index contributed by atoms with van der Waals surface area (Å²) in [5, 5.41) is 0. The van der Waals surface area contributed by atoms with Crippen LogP contribution in [0.1, 0.15) is 10.6 Å². The van der Waals surface area contributed by atoms with E-state index in [4.69, 9.17) is 11.5 Å². The second kappa shape index (κ2) is 3.71. The Morgan fingerprint density at radius 1 is 1.62 bits per heavy atom. The molecule has 13 heavy (non-hydrogen) atoms. The maximum Gasteiger partial charge on any atom is 0.308 e. The van der Waals surface area contributed by atoms with Crippen molar-refractivity contribution in [3.8, 4) is 0 Å². The van der Waals surface area contributed by atoms with E-state index in [9.17, 15) is 9.59 Å². The van der Waals surface area contributed by atoms with Crippen molar-refractivity contribution in [2.24, 2.45) is 11.5 Å². The largest absolute Gasteiger partial charge is 0.368 e. The molecule has 1 aromatic rings. The van der Waals surface area contributed by atoms with E-state index >= 15 is 0 Å². The standard InChI is InChI=1S/C7H11N3O2S/c1-4-5(2-8)13-7(12)10(4)3-6(9)11/h2-3,8H2,1H3,(H2,9,11). The number of hydrogen-bond acceptors (Lipinski definition) is 4. The molecule has 0 unspecified atom stereocenters. The van der Waals surface area contributed by atoms with Crippen molar-refractivity contribution in [2.45, 2.75) is 20.0 Å². The Hall–Kier alpha value is -1.14. The van der Waals surface area contributed by atoms with Crippen LogP contribution in [0.2, 0.25) is 0 Å². The predicted molar refractivity (Wildman–Crippen MR) is 50.4 cm³/mol. The number of aromatic nitrogens is 1. The van der Waals surface area contributed by atoms with E-state index in [-0.39, 0.29) is 11.4 Å². The van der Waals surface area contributed by atoms with Gasteiger partial charge in [-0.05, 0) is 6.92 Å². The number of amides is 1. The number of carbonyl (C=O) groups excluding carboxylic acids is 1. The Balaban J connectivity index is 3.13. The topological polar surface area (TPSA) is 91.1 Å². The molecule has 0 spiro atoms. The van der Waals surface area contributed by atoms with Crippen molar-refractivity contribution in [2.75, 3.05) is 0 Å². The maximum atomic E-state index is 11.3. The molecule has 4 N–H and O–H groups in total. The number of rotatable bonds is 3. The lowest BCUT2D eigenvalue weighted by molar-refractivity contribution is -0.118. The molecular formula is C7H11N3O2S. The average Bonchev–Trinajstić information content (AvgIpc) is 2.31. The van der Waals surface area contributed by atoms with Gasteiger partial charge >= 0.3 is 4.87 Å². The van der Waals surface area contributed by atoms with Gasteiger partial charge in [-0.15, -0.1) is 0 Å². The Bertz CT molecular complexity index is 380. The van der Waals surface area contributed by atoms with Crippen LogP contribution >= 0.6 is 11.3 Å². The molecule has 0 aliphatic heterocycles. The van der Waals surface area contributed by atoms with Crippen LogP contribution in [0, 0.1) is 6.92 Å². The van der Waals surface area contributed by atoms with Gasteiger partial charge in [0.1, 0.15) is 6.54 Å². The first-order valence-corrected chi connectivity index (χ1v) is 4.55. The fourth-order valence-corrected chi connectivity index (χ4v) is 1.91. The summed E-state index contributed by atoms with van der Waals surface area (Å²) in [6.07, 6.45) is 0. The first-order valence-electron chi connectivity index (χ1n) is 3.73. The van der Waals surface area contributed by atoms with Crippen LogP contribution in [0.3, 0.4) is 0 Å². The highest BCUT2D eigenvalue weighted by Crippen LogP contribution is 2.09. The lowest BCUT2D eigenvalue weighted by Crippen LogP contribution is -2.25. The first-order chi connectivity index (χ1) is 6.06. The van der Waals surface area contributed by atoms with Crippen LogP contribution in [0.15, 0.2) is 4.79 Å². The van der Waals surface area contributed by atoms with E-state index in [0.29, 0.717) is 6.54 Å². The molecule has 0 fully saturated rings. The van der Waals surface area contributed by atoms with Crippen LogP contribution in [0.4, 0.5) is 0 Å². The lowest BCUT2D eigenvalue weighted by Gasteiger charge is -2.00. The van der Waals surface area contributed by atoms with Crippen LogP contribution < -0.4 is 16.3 Å². The fourth-order valence-electron chi connectivity index (χ4n) is 1.05. The molecule has 0 radical (unpaired) electrons. The lowest BCUT2D eigenvalue weighted by atomic mass is 10.4. The molecule has 1 amide bonds. The van der Waals surface area contributed by atoms with Gasteiger partial charge in [-0.3, -0.25) is 14.2 Å². The summed E-state index contributed by atoms with van der Waals surface area (Å²) < 4.78 is 1.34. The molecule has 0 aliphatic carbocycles. The summed E-state index contributed by atoms with van der Waals surface area (Å²) in [5.74, 6) is -0.522. The van der Waals surface area contributed by atoms with Crippen molar-refractivity contribution in [3.05, 3.63) is 20.2 Å². The van der Waals surface area contributed by atoms with Gasteiger partial charge in [0.2, 0.25) is 5.91 Å². The maximum absolute atomic E-state index is 11.3. The van der Waals surface area contributed by atoms with Gasteiger partial charge in [0.25, 0.3) is 0 Å². The summed E-state index contributed by atoms with van der Waals surface area (Å²) in [6, 6.07) is 0. The normalized spacial score (nSPS) is 10.3. The van der Waals surface area contributed by atoms with E-state index in [0.717, 1.165) is 21.9 Å². The Morgan fingerprint density at radius 2 is 2.23 bits per heavy atom. The Morgan fingerprint density at radius 3 is 2.62 bits per heavy atom. The third-order valence-electron chi connectivity index (χ3n) is 1.74. The van der Waals surface area contributed by atoms with E-state index in [1.807, 2.05) is 0 Å². The van der Waals surface area contributed by atoms with E-state index in [1.54, 1.807) is 6.92 Å². The Labute approximate surface area is 79.0 Å². The molecule has 0 aromatic carbocycles. The van der Waals surface area contributed by atoms with Gasteiger partial charge in [-0.1, -0.05) is 11.3 Å². The first kappa shape index (κ1) is 9.94. The zero-order chi connectivity index (χ0) is 10.0. The molecule has 0 bridgehead atoms. The van der Waals surface area contributed by atoms with Crippen LogP contribution in [-0.2, 0) is 17.9 Å². The predicted octanol–water partition coefficient (Wildman–Crippen LogP) is -0.838. The molecule has 5 nitrogen and oxygen atoms in total. The summed E-state index contributed by atoms with van der Waals surface area (Å²) in [5.41, 5.74) is 11.1. The van der Waals surface area contributed by atoms with E-state index in [2.05, 4.69) is 0 Å². The number of hydrogen-bond donors (Lipinski definition) is 2. The van der Waals surface area contributed by atoms with E-state index < -0.39 is 5.91 Å². The monoisotopic (exact) mass is 201 g/mol. The molecule has 6 heteroatoms. The fraction of sp³-hybridized carbons (Fsp3) is 0.429. The highest BCUT2D eigenvalue weighted by molar-refractivity contribution is 7.09. The molecule has 0 saturated heterocycles. The third-order valence-corrected chi connectivity index (χ3v) is 2.84. The second-order valence-electron chi connectivity index (χ2n) is 2.63. The van der Waals surface area contributed by atoms with Crippen molar-refractivity contribution in [3.63, 3.8) is 0 Å². The molecule has 1 aromatic heterocycles. The summed E-state index contributed by atoms with van der Waals surface area (Å²) in [7, 11) is 0. The molecule has 0 saturated carbocycles. The quantitative estimate of drug-likeness (QED) is 0.668. The summed E-state index contributed by atoms with van der Waals surface area (Å²) in [4.78, 5) is 22.5. The molecule has 72 valence electrons. The van der Waals surface area contributed by atoms with Gasteiger partial charge in [-0.2, -0.15) is 0 Å². The average molecular weight is 201 g/mol. The number of nitrogens with zero attached hydrogens (tertiary/aromatic N) is 1. The van der Waals surface area contributed by atoms with Crippen LogP contribution in [0.25, 0.3) is 0 Å². The zero-order valence-corrected chi connectivity index (χ0v) is 8.06. The van der Waals surface area contributed by atoms with E-state index in [1.165, 1.54) is 4.57 Å². The smallest absolute Gasteiger partial charge is 0.308 e. The minimum absolute atomic E-state index is 0.0683. The number of nitrogens with two attached hydrogens (primary N) is 2. The highest BCUT2D eigenvalue weighted by atomic mass is 32.1. The molecule has 1 rings (SSSR count). The molecule has 0 aliphatic rings. The van der Waals surface area contributed by atoms with Gasteiger partial charge in [0.15, 0.2) is 0 Å². The minimum atomic E-state index is -0.522. The van der Waals surface area contributed by atoms with Crippen LogP contribution in [0.5, 0.6) is 0 Å².